The van der Waals surface area contributed by atoms with Crippen LogP contribution in [-0.2, 0) is 20.6 Å². The average molecular weight is 574 g/mol. The van der Waals surface area contributed by atoms with Gasteiger partial charge in [-0.3, -0.25) is 4.79 Å². The van der Waals surface area contributed by atoms with E-state index in [1.807, 2.05) is 4.90 Å². The van der Waals surface area contributed by atoms with Gasteiger partial charge in [-0.1, -0.05) is 40.9 Å². The molecule has 2 aliphatic heterocycles. The normalized spacial score (nSPS) is 21.4. The molecular formula is C26H31Cl3N2O4S. The van der Waals surface area contributed by atoms with Gasteiger partial charge in [-0.2, -0.15) is 0 Å². The van der Waals surface area contributed by atoms with Gasteiger partial charge in [-0.15, -0.1) is 0 Å². The highest BCUT2D eigenvalue weighted by atomic mass is 35.5. The fourth-order valence-corrected chi connectivity index (χ4v) is 7.10. The molecular weight excluding hydrogens is 543 g/mol. The zero-order valence-electron chi connectivity index (χ0n) is 20.1. The molecule has 2 fully saturated rings. The number of benzene rings is 2. The highest BCUT2D eigenvalue weighted by Crippen LogP contribution is 2.37. The van der Waals surface area contributed by atoms with E-state index >= 15 is 0 Å². The Kier molecular flexibility index (Phi) is 9.10. The first kappa shape index (κ1) is 27.5. The molecule has 1 amide bonds. The van der Waals surface area contributed by atoms with Gasteiger partial charge in [0.1, 0.15) is 5.75 Å². The number of hydrogen-bond acceptors (Lipinski definition) is 4. The van der Waals surface area contributed by atoms with Crippen LogP contribution in [0.2, 0.25) is 15.1 Å². The van der Waals surface area contributed by atoms with Crippen LogP contribution in [0.3, 0.4) is 0 Å². The van der Waals surface area contributed by atoms with Crippen LogP contribution in [0.5, 0.6) is 5.75 Å². The van der Waals surface area contributed by atoms with Gasteiger partial charge in [0.15, 0.2) is 0 Å². The summed E-state index contributed by atoms with van der Waals surface area (Å²) < 4.78 is 34.5. The SMILES string of the molecule is O=C(CC1(COc2ccc(Cl)cc2)CCCN(S(=O)(=O)Cc2ccc(Cl)c(Cl)c2)C1)N1CCCCC1. The van der Waals surface area contributed by atoms with Crippen molar-refractivity contribution in [1.29, 1.82) is 0 Å². The summed E-state index contributed by atoms with van der Waals surface area (Å²) in [5.74, 6) is 0.524. The molecule has 0 radical (unpaired) electrons. The summed E-state index contributed by atoms with van der Waals surface area (Å²) in [6, 6.07) is 11.9. The maximum atomic E-state index is 13.4. The fraction of sp³-hybridized carbons (Fsp3) is 0.500. The number of hydrogen-bond donors (Lipinski definition) is 0. The summed E-state index contributed by atoms with van der Waals surface area (Å²) in [5, 5.41) is 1.31. The van der Waals surface area contributed by atoms with Crippen LogP contribution in [0.4, 0.5) is 0 Å². The average Bonchev–Trinajstić information content (AvgIpc) is 2.86. The molecule has 2 aliphatic rings. The number of nitrogens with zero attached hydrogens (tertiary/aromatic N) is 2. The standard InChI is InChI=1S/C26H31Cl3N2O4S/c27-21-6-8-22(9-7-21)35-19-26(16-25(32)30-12-2-1-3-13-30)11-4-14-31(18-26)36(33,34)17-20-5-10-23(28)24(29)15-20/h5-10,15H,1-4,11-14,16-19H2. The minimum absolute atomic E-state index is 0.0677. The summed E-state index contributed by atoms with van der Waals surface area (Å²) in [6.45, 7) is 2.39. The maximum Gasteiger partial charge on any atom is 0.223 e. The van der Waals surface area contributed by atoms with Gasteiger partial charge in [0.05, 0.1) is 22.4 Å². The Morgan fingerprint density at radius 1 is 0.917 bits per heavy atom. The molecule has 4 rings (SSSR count). The van der Waals surface area contributed by atoms with E-state index in [2.05, 4.69) is 0 Å². The van der Waals surface area contributed by atoms with E-state index in [0.717, 1.165) is 32.4 Å². The summed E-state index contributed by atoms with van der Waals surface area (Å²) in [7, 11) is -3.65. The zero-order chi connectivity index (χ0) is 25.8. The second-order valence-electron chi connectivity index (χ2n) is 9.80. The summed E-state index contributed by atoms with van der Waals surface area (Å²) in [5.41, 5.74) is -0.0562. The second kappa shape index (κ2) is 11.9. The lowest BCUT2D eigenvalue weighted by molar-refractivity contribution is -0.136. The highest BCUT2D eigenvalue weighted by molar-refractivity contribution is 7.88. The van der Waals surface area contributed by atoms with Crippen molar-refractivity contribution in [2.75, 3.05) is 32.8 Å². The Labute approximate surface area is 228 Å². The number of rotatable bonds is 8. The van der Waals surface area contributed by atoms with Crippen LogP contribution < -0.4 is 4.74 Å². The van der Waals surface area contributed by atoms with E-state index in [9.17, 15) is 13.2 Å². The van der Waals surface area contributed by atoms with Gasteiger partial charge in [-0.25, -0.2) is 12.7 Å². The van der Waals surface area contributed by atoms with Crippen LogP contribution in [0.25, 0.3) is 0 Å². The van der Waals surface area contributed by atoms with E-state index in [4.69, 9.17) is 39.5 Å². The molecule has 6 nitrogen and oxygen atoms in total. The molecule has 1 unspecified atom stereocenters. The third kappa shape index (κ3) is 7.07. The quantitative estimate of drug-likeness (QED) is 0.386. The maximum absolute atomic E-state index is 13.4. The predicted octanol–water partition coefficient (Wildman–Crippen LogP) is 6.04. The van der Waals surface area contributed by atoms with Crippen molar-refractivity contribution in [3.05, 3.63) is 63.1 Å². The molecule has 2 aromatic rings. The molecule has 0 aliphatic carbocycles. The minimum Gasteiger partial charge on any atom is -0.493 e. The van der Waals surface area contributed by atoms with E-state index in [0.29, 0.717) is 45.8 Å². The Morgan fingerprint density at radius 2 is 1.64 bits per heavy atom. The fourth-order valence-electron chi connectivity index (χ4n) is 4.99. The molecule has 36 heavy (non-hydrogen) atoms. The first-order chi connectivity index (χ1) is 17.2. The zero-order valence-corrected chi connectivity index (χ0v) is 23.2. The number of halogens is 3. The monoisotopic (exact) mass is 572 g/mol. The van der Waals surface area contributed by atoms with Crippen LogP contribution in [0, 0.1) is 5.41 Å². The van der Waals surface area contributed by atoms with Crippen molar-refractivity contribution in [1.82, 2.24) is 9.21 Å². The molecule has 2 heterocycles. The highest BCUT2D eigenvalue weighted by Gasteiger charge is 2.42. The van der Waals surface area contributed by atoms with Crippen molar-refractivity contribution in [3.8, 4) is 5.75 Å². The number of amides is 1. The van der Waals surface area contributed by atoms with Gasteiger partial charge in [0.25, 0.3) is 0 Å². The van der Waals surface area contributed by atoms with Crippen LogP contribution in [-0.4, -0.2) is 56.3 Å². The molecule has 2 aromatic carbocycles. The van der Waals surface area contributed by atoms with Gasteiger partial charge in [0.2, 0.25) is 15.9 Å². The Balaban J connectivity index is 1.53. The lowest BCUT2D eigenvalue weighted by atomic mass is 9.78. The third-order valence-corrected chi connectivity index (χ3v) is 9.73. The Morgan fingerprint density at radius 3 is 2.33 bits per heavy atom. The van der Waals surface area contributed by atoms with Crippen molar-refractivity contribution in [2.45, 2.75) is 44.3 Å². The summed E-state index contributed by atoms with van der Waals surface area (Å²) in [6.07, 6.45) is 4.75. The third-order valence-electron chi connectivity index (χ3n) is 6.95. The van der Waals surface area contributed by atoms with Gasteiger partial charge < -0.3 is 9.64 Å². The van der Waals surface area contributed by atoms with Crippen LogP contribution in [0.15, 0.2) is 42.5 Å². The topological polar surface area (TPSA) is 66.9 Å². The first-order valence-corrected chi connectivity index (χ1v) is 15.0. The van der Waals surface area contributed by atoms with Crippen LogP contribution in [0.1, 0.15) is 44.1 Å². The molecule has 0 N–H and O–H groups in total. The Bertz CT molecular complexity index is 1170. The molecule has 0 spiro atoms. The van der Waals surface area contributed by atoms with Gasteiger partial charge in [0, 0.05) is 43.0 Å². The van der Waals surface area contributed by atoms with Gasteiger partial charge >= 0.3 is 0 Å². The molecule has 0 aromatic heterocycles. The molecule has 0 bridgehead atoms. The van der Waals surface area contributed by atoms with E-state index < -0.39 is 15.4 Å². The minimum atomic E-state index is -3.65. The van der Waals surface area contributed by atoms with Crippen molar-refractivity contribution in [3.63, 3.8) is 0 Å². The summed E-state index contributed by atoms with van der Waals surface area (Å²) >= 11 is 18.1. The predicted molar refractivity (Wildman–Crippen MR) is 144 cm³/mol. The van der Waals surface area contributed by atoms with Crippen molar-refractivity contribution < 1.29 is 17.9 Å². The number of piperidine rings is 2. The smallest absolute Gasteiger partial charge is 0.223 e. The number of likely N-dealkylation sites (tertiary alicyclic amines) is 1. The summed E-state index contributed by atoms with van der Waals surface area (Å²) in [4.78, 5) is 15.2. The lowest BCUT2D eigenvalue weighted by Crippen LogP contribution is -2.51. The van der Waals surface area contributed by atoms with E-state index in [-0.39, 0.29) is 31.2 Å². The second-order valence-corrected chi connectivity index (χ2v) is 13.0. The number of ether oxygens (including phenoxy) is 1. The molecule has 2 saturated heterocycles. The largest absolute Gasteiger partial charge is 0.493 e. The molecule has 10 heteroatoms. The number of carbonyl (C=O) groups excluding carboxylic acids is 1. The van der Waals surface area contributed by atoms with Gasteiger partial charge in [-0.05, 0) is 74.1 Å². The number of carbonyl (C=O) groups is 1. The molecule has 1 atom stereocenters. The Hall–Kier alpha value is -1.51. The molecule has 0 saturated carbocycles. The van der Waals surface area contributed by atoms with Crippen LogP contribution >= 0.6 is 34.8 Å². The van der Waals surface area contributed by atoms with Crippen molar-refractivity contribution >= 4 is 50.7 Å². The molecule has 196 valence electrons. The van der Waals surface area contributed by atoms with E-state index in [1.165, 1.54) is 4.31 Å². The number of sulfonamides is 1. The van der Waals surface area contributed by atoms with E-state index in [1.54, 1.807) is 42.5 Å². The van der Waals surface area contributed by atoms with Crippen molar-refractivity contribution in [2.24, 2.45) is 5.41 Å². The first-order valence-electron chi connectivity index (χ1n) is 12.2. The lowest BCUT2D eigenvalue weighted by Gasteiger charge is -2.42.